The number of aliphatic imine (C=N–C) groups is 3. The van der Waals surface area contributed by atoms with E-state index < -0.39 is 0 Å². The Morgan fingerprint density at radius 3 is 3.18 bits per heavy atom. The number of fused-ring (bicyclic) bond motifs is 1. The van der Waals surface area contributed by atoms with Crippen molar-refractivity contribution in [2.24, 2.45) is 20.7 Å². The standard InChI is InChI=1S/C7H8N4/c8-2-5-1-6-7(9-3-5)11-4-10-6/h3-4H,1-2,8H2. The first-order valence-corrected chi connectivity index (χ1v) is 3.45. The Kier molecular flexibility index (Phi) is 1.40. The minimum Gasteiger partial charge on any atom is -0.327 e. The molecule has 0 amide bonds. The molecule has 0 aromatic heterocycles. The first-order chi connectivity index (χ1) is 5.40. The number of hydrogen-bond donors (Lipinski definition) is 1. The van der Waals surface area contributed by atoms with Crippen molar-refractivity contribution in [2.75, 3.05) is 6.54 Å². The van der Waals surface area contributed by atoms with Crippen LogP contribution in [0.2, 0.25) is 0 Å². The summed E-state index contributed by atoms with van der Waals surface area (Å²) in [5.74, 6) is 0.738. The summed E-state index contributed by atoms with van der Waals surface area (Å²) >= 11 is 0. The zero-order chi connectivity index (χ0) is 7.68. The van der Waals surface area contributed by atoms with Crippen LogP contribution in [0.4, 0.5) is 0 Å². The van der Waals surface area contributed by atoms with E-state index in [1.807, 2.05) is 0 Å². The second-order valence-electron chi connectivity index (χ2n) is 2.44. The maximum atomic E-state index is 5.45. The Balaban J connectivity index is 2.30. The normalized spacial score (nSPS) is 20.6. The molecule has 56 valence electrons. The molecule has 2 heterocycles. The van der Waals surface area contributed by atoms with Crippen LogP contribution in [0.15, 0.2) is 26.8 Å². The minimum absolute atomic E-state index is 0.551. The van der Waals surface area contributed by atoms with E-state index in [-0.39, 0.29) is 0 Å². The van der Waals surface area contributed by atoms with Gasteiger partial charge >= 0.3 is 0 Å². The van der Waals surface area contributed by atoms with Gasteiger partial charge in [-0.25, -0.2) is 15.0 Å². The maximum absolute atomic E-state index is 5.45. The fraction of sp³-hybridized carbons (Fsp3) is 0.286. The van der Waals surface area contributed by atoms with Gasteiger partial charge in [-0.2, -0.15) is 0 Å². The predicted octanol–water partition coefficient (Wildman–Crippen LogP) is 0.114. The number of hydrogen-bond acceptors (Lipinski definition) is 4. The first kappa shape index (κ1) is 6.42. The van der Waals surface area contributed by atoms with Crippen LogP contribution < -0.4 is 5.73 Å². The molecule has 0 aromatic rings. The van der Waals surface area contributed by atoms with Crippen LogP contribution in [0.3, 0.4) is 0 Å². The van der Waals surface area contributed by atoms with E-state index in [0.29, 0.717) is 6.54 Å². The monoisotopic (exact) mass is 148 g/mol. The van der Waals surface area contributed by atoms with Gasteiger partial charge in [0.2, 0.25) is 0 Å². The van der Waals surface area contributed by atoms with Crippen molar-refractivity contribution in [1.29, 1.82) is 0 Å². The van der Waals surface area contributed by atoms with Gasteiger partial charge in [0.05, 0.1) is 5.71 Å². The summed E-state index contributed by atoms with van der Waals surface area (Å²) in [6, 6.07) is 0. The number of rotatable bonds is 1. The van der Waals surface area contributed by atoms with Crippen molar-refractivity contribution in [1.82, 2.24) is 0 Å². The largest absolute Gasteiger partial charge is 0.327 e. The molecule has 0 saturated carbocycles. The van der Waals surface area contributed by atoms with Gasteiger partial charge in [0.1, 0.15) is 6.34 Å². The van der Waals surface area contributed by atoms with Crippen molar-refractivity contribution in [3.05, 3.63) is 11.8 Å². The molecule has 4 nitrogen and oxygen atoms in total. The summed E-state index contributed by atoms with van der Waals surface area (Å²) in [6.07, 6.45) is 4.10. The molecule has 0 radical (unpaired) electrons. The number of nitrogens with zero attached hydrogens (tertiary/aromatic N) is 3. The summed E-state index contributed by atoms with van der Waals surface area (Å²) in [5.41, 5.74) is 7.50. The SMILES string of the molecule is NCC1=CN=C2N=CN=C2C1. The first-order valence-electron chi connectivity index (χ1n) is 3.45. The van der Waals surface area contributed by atoms with Gasteiger partial charge in [0, 0.05) is 19.2 Å². The molecule has 2 rings (SSSR count). The summed E-state index contributed by atoms with van der Waals surface area (Å²) in [6.45, 7) is 0.551. The molecule has 0 atom stereocenters. The fourth-order valence-corrected chi connectivity index (χ4v) is 1.06. The van der Waals surface area contributed by atoms with E-state index in [9.17, 15) is 0 Å². The molecule has 4 heteroatoms. The van der Waals surface area contributed by atoms with Crippen molar-refractivity contribution in [2.45, 2.75) is 6.42 Å². The van der Waals surface area contributed by atoms with Gasteiger partial charge < -0.3 is 5.73 Å². The molecule has 0 saturated heterocycles. The molecule has 0 aromatic carbocycles. The van der Waals surface area contributed by atoms with E-state index >= 15 is 0 Å². The van der Waals surface area contributed by atoms with Crippen LogP contribution in [0.25, 0.3) is 0 Å². The zero-order valence-electron chi connectivity index (χ0n) is 5.99. The summed E-state index contributed by atoms with van der Waals surface area (Å²) in [4.78, 5) is 12.1. The van der Waals surface area contributed by atoms with Crippen LogP contribution in [-0.4, -0.2) is 24.4 Å². The van der Waals surface area contributed by atoms with E-state index in [0.717, 1.165) is 23.5 Å². The highest BCUT2D eigenvalue weighted by Crippen LogP contribution is 2.12. The highest BCUT2D eigenvalue weighted by atomic mass is 15.0. The van der Waals surface area contributed by atoms with Crippen molar-refractivity contribution >= 4 is 17.9 Å². The smallest absolute Gasteiger partial charge is 0.175 e. The summed E-state index contributed by atoms with van der Waals surface area (Å²) in [5, 5.41) is 0. The van der Waals surface area contributed by atoms with Crippen LogP contribution >= 0.6 is 0 Å². The molecule has 2 N–H and O–H groups in total. The highest BCUT2D eigenvalue weighted by Gasteiger charge is 2.16. The molecule has 0 spiro atoms. The average Bonchev–Trinajstić information content (AvgIpc) is 2.50. The van der Waals surface area contributed by atoms with E-state index in [1.54, 1.807) is 6.20 Å². The lowest BCUT2D eigenvalue weighted by molar-refractivity contribution is 1.07. The molecular weight excluding hydrogens is 140 g/mol. The average molecular weight is 148 g/mol. The second-order valence-corrected chi connectivity index (χ2v) is 2.44. The molecule has 11 heavy (non-hydrogen) atoms. The molecule has 0 bridgehead atoms. The van der Waals surface area contributed by atoms with Crippen LogP contribution in [-0.2, 0) is 0 Å². The van der Waals surface area contributed by atoms with Crippen molar-refractivity contribution in [3.8, 4) is 0 Å². The molecule has 2 aliphatic rings. The second kappa shape index (κ2) is 2.39. The quantitative estimate of drug-likeness (QED) is 0.563. The van der Waals surface area contributed by atoms with Gasteiger partial charge in [-0.15, -0.1) is 0 Å². The maximum Gasteiger partial charge on any atom is 0.175 e. The van der Waals surface area contributed by atoms with Gasteiger partial charge in [0.25, 0.3) is 0 Å². The number of amidine groups is 1. The van der Waals surface area contributed by atoms with E-state index in [1.165, 1.54) is 6.34 Å². The summed E-state index contributed by atoms with van der Waals surface area (Å²) < 4.78 is 0. The topological polar surface area (TPSA) is 63.1 Å². The fourth-order valence-electron chi connectivity index (χ4n) is 1.06. The lowest BCUT2D eigenvalue weighted by Gasteiger charge is -2.07. The zero-order valence-corrected chi connectivity index (χ0v) is 5.99. The molecule has 0 fully saturated rings. The Morgan fingerprint density at radius 2 is 2.36 bits per heavy atom. The molecule has 2 aliphatic heterocycles. The van der Waals surface area contributed by atoms with Gasteiger partial charge in [0.15, 0.2) is 5.84 Å². The van der Waals surface area contributed by atoms with Crippen LogP contribution in [0.1, 0.15) is 6.42 Å². The Labute approximate surface area is 64.3 Å². The van der Waals surface area contributed by atoms with Gasteiger partial charge in [-0.1, -0.05) is 0 Å². The number of nitrogens with two attached hydrogens (primary N) is 1. The predicted molar refractivity (Wildman–Crippen MR) is 45.1 cm³/mol. The van der Waals surface area contributed by atoms with E-state index in [4.69, 9.17) is 5.73 Å². The third-order valence-corrected chi connectivity index (χ3v) is 1.68. The molecule has 0 aliphatic carbocycles. The molecule has 0 unspecified atom stereocenters. The van der Waals surface area contributed by atoms with Crippen LogP contribution in [0, 0.1) is 0 Å². The van der Waals surface area contributed by atoms with Crippen molar-refractivity contribution in [3.63, 3.8) is 0 Å². The Morgan fingerprint density at radius 1 is 1.45 bits per heavy atom. The third kappa shape index (κ3) is 1.01. The van der Waals surface area contributed by atoms with Gasteiger partial charge in [-0.3, -0.25) is 0 Å². The molecular formula is C7H8N4. The highest BCUT2D eigenvalue weighted by molar-refractivity contribution is 6.47. The third-order valence-electron chi connectivity index (χ3n) is 1.68. The lowest BCUT2D eigenvalue weighted by Crippen LogP contribution is -2.16. The minimum atomic E-state index is 0.551. The van der Waals surface area contributed by atoms with E-state index in [2.05, 4.69) is 15.0 Å². The van der Waals surface area contributed by atoms with Gasteiger partial charge in [-0.05, 0) is 5.57 Å². The lowest BCUT2D eigenvalue weighted by atomic mass is 10.1. The summed E-state index contributed by atoms with van der Waals surface area (Å²) in [7, 11) is 0. The van der Waals surface area contributed by atoms with Crippen LogP contribution in [0.5, 0.6) is 0 Å². The Hall–Kier alpha value is -1.29. The van der Waals surface area contributed by atoms with Crippen molar-refractivity contribution < 1.29 is 0 Å². The Bertz CT molecular complexity index is 296.